The molecule has 0 aliphatic carbocycles. The van der Waals surface area contributed by atoms with E-state index in [0.717, 1.165) is 5.56 Å². The van der Waals surface area contributed by atoms with Crippen molar-refractivity contribution < 1.29 is 28.7 Å². The minimum absolute atomic E-state index is 0.163. The van der Waals surface area contributed by atoms with Gasteiger partial charge in [-0.05, 0) is 48.7 Å². The quantitative estimate of drug-likeness (QED) is 0.154. The number of thioether (sulfide) groups is 1. The minimum atomic E-state index is -0.465. The number of thiocarbonyl (C=S) groups is 1. The van der Waals surface area contributed by atoms with Gasteiger partial charge in [0.15, 0.2) is 0 Å². The van der Waals surface area contributed by atoms with Gasteiger partial charge >= 0.3 is 5.97 Å². The van der Waals surface area contributed by atoms with Crippen LogP contribution >= 0.6 is 24.0 Å². The summed E-state index contributed by atoms with van der Waals surface area (Å²) in [5.41, 5.74) is 6.32. The minimum Gasteiger partial charge on any atom is -0.496 e. The second kappa shape index (κ2) is 13.6. The lowest BCUT2D eigenvalue weighted by Crippen LogP contribution is -2.41. The molecule has 0 atom stereocenters. The van der Waals surface area contributed by atoms with Crippen LogP contribution < -0.4 is 15.6 Å². The second-order valence-corrected chi connectivity index (χ2v) is 9.64. The molecule has 3 amide bonds. The molecule has 1 aliphatic rings. The Morgan fingerprint density at radius 3 is 2.43 bits per heavy atom. The summed E-state index contributed by atoms with van der Waals surface area (Å²) in [6.45, 7) is 0.454. The van der Waals surface area contributed by atoms with E-state index >= 15 is 0 Å². The number of hydrogen-bond donors (Lipinski definition) is 2. The van der Waals surface area contributed by atoms with Crippen LogP contribution in [-0.2, 0) is 14.3 Å². The van der Waals surface area contributed by atoms with E-state index in [1.54, 1.807) is 59.5 Å². The molecular formula is C26H27N3O6S2. The lowest BCUT2D eigenvalue weighted by Gasteiger charge is -2.14. The summed E-state index contributed by atoms with van der Waals surface area (Å²) in [7, 11) is 2.79. The van der Waals surface area contributed by atoms with Gasteiger partial charge in [0, 0.05) is 13.0 Å². The number of nitrogens with zero attached hydrogens (tertiary/aromatic N) is 1. The molecule has 1 saturated heterocycles. The Morgan fingerprint density at radius 1 is 1.00 bits per heavy atom. The summed E-state index contributed by atoms with van der Waals surface area (Å²) in [5.74, 6) is -0.948. The van der Waals surface area contributed by atoms with Gasteiger partial charge in [0.05, 0.1) is 30.3 Å². The van der Waals surface area contributed by atoms with Gasteiger partial charge in [0.2, 0.25) is 5.91 Å². The van der Waals surface area contributed by atoms with Crippen LogP contribution in [0.15, 0.2) is 53.4 Å². The zero-order chi connectivity index (χ0) is 26.8. The molecule has 3 rings (SSSR count). The van der Waals surface area contributed by atoms with Gasteiger partial charge in [0.25, 0.3) is 11.8 Å². The van der Waals surface area contributed by atoms with Crippen LogP contribution in [0.1, 0.15) is 52.0 Å². The lowest BCUT2D eigenvalue weighted by atomic mass is 10.1. The number of carbonyl (C=O) groups is 4. The van der Waals surface area contributed by atoms with Crippen LogP contribution in [0, 0.1) is 0 Å². The summed E-state index contributed by atoms with van der Waals surface area (Å²) in [6, 6.07) is 13.5. The highest BCUT2D eigenvalue weighted by molar-refractivity contribution is 8.26. The molecule has 0 aromatic heterocycles. The maximum absolute atomic E-state index is 12.8. The number of rotatable bonds is 10. The molecule has 0 spiro atoms. The van der Waals surface area contributed by atoms with Crippen molar-refractivity contribution in [3.8, 4) is 5.75 Å². The monoisotopic (exact) mass is 541 g/mol. The van der Waals surface area contributed by atoms with E-state index in [1.165, 1.54) is 26.0 Å². The third-order valence-electron chi connectivity index (χ3n) is 5.46. The van der Waals surface area contributed by atoms with E-state index in [4.69, 9.17) is 17.0 Å². The molecule has 2 aromatic rings. The third-order valence-corrected chi connectivity index (χ3v) is 6.83. The average molecular weight is 542 g/mol. The van der Waals surface area contributed by atoms with Crippen LogP contribution in [0.5, 0.6) is 5.75 Å². The largest absolute Gasteiger partial charge is 0.496 e. The first-order valence-electron chi connectivity index (χ1n) is 11.5. The van der Waals surface area contributed by atoms with Crippen molar-refractivity contribution in [2.45, 2.75) is 25.7 Å². The Bertz CT molecular complexity index is 1210. The van der Waals surface area contributed by atoms with Crippen molar-refractivity contribution in [3.05, 3.63) is 70.1 Å². The van der Waals surface area contributed by atoms with Crippen LogP contribution in [0.2, 0.25) is 0 Å². The molecule has 0 unspecified atom stereocenters. The topological polar surface area (TPSA) is 114 Å². The number of hydrazine groups is 1. The van der Waals surface area contributed by atoms with Crippen molar-refractivity contribution >= 4 is 58.1 Å². The number of hydrogen-bond acceptors (Lipinski definition) is 8. The predicted molar refractivity (Wildman–Crippen MR) is 145 cm³/mol. The zero-order valence-corrected chi connectivity index (χ0v) is 22.1. The number of amides is 3. The molecule has 11 heteroatoms. The van der Waals surface area contributed by atoms with Gasteiger partial charge in [0.1, 0.15) is 10.1 Å². The standard InChI is InChI=1S/C26H27N3O6S2/c1-34-20-9-6-5-8-19(20)23(31)28-27-22(30)10-4-3-7-15-29-24(32)21(37-26(29)36)16-17-11-13-18(14-12-17)25(33)35-2/h5-6,8-9,11-14,16H,3-4,7,10,15H2,1-2H3,(H,27,30)(H,28,31). The molecule has 0 saturated carbocycles. The third kappa shape index (κ3) is 7.64. The number of carbonyl (C=O) groups excluding carboxylic acids is 4. The molecule has 194 valence electrons. The number of esters is 1. The van der Waals surface area contributed by atoms with Crippen molar-refractivity contribution in [2.75, 3.05) is 20.8 Å². The molecule has 2 N–H and O–H groups in total. The molecule has 0 radical (unpaired) electrons. The fraction of sp³-hybridized carbons (Fsp3) is 0.269. The van der Waals surface area contributed by atoms with Crippen LogP contribution in [-0.4, -0.2) is 53.7 Å². The van der Waals surface area contributed by atoms with Gasteiger partial charge in [-0.3, -0.25) is 30.1 Å². The van der Waals surface area contributed by atoms with E-state index in [9.17, 15) is 19.2 Å². The van der Waals surface area contributed by atoms with Gasteiger partial charge in [-0.15, -0.1) is 0 Å². The first-order chi connectivity index (χ1) is 17.8. The summed E-state index contributed by atoms with van der Waals surface area (Å²) >= 11 is 6.61. The highest BCUT2D eigenvalue weighted by Crippen LogP contribution is 2.32. The molecule has 37 heavy (non-hydrogen) atoms. The average Bonchev–Trinajstić information content (AvgIpc) is 3.18. The first kappa shape index (κ1) is 27.9. The summed E-state index contributed by atoms with van der Waals surface area (Å²) in [6.07, 6.45) is 3.94. The fourth-order valence-corrected chi connectivity index (χ4v) is 4.81. The Kier molecular flexibility index (Phi) is 10.2. The van der Waals surface area contributed by atoms with Crippen molar-refractivity contribution in [1.29, 1.82) is 0 Å². The summed E-state index contributed by atoms with van der Waals surface area (Å²) in [5, 5.41) is 0. The molecule has 2 aromatic carbocycles. The highest BCUT2D eigenvalue weighted by atomic mass is 32.2. The Labute approximate surface area is 224 Å². The van der Waals surface area contributed by atoms with E-state index in [2.05, 4.69) is 15.6 Å². The summed E-state index contributed by atoms with van der Waals surface area (Å²) in [4.78, 5) is 50.7. The molecule has 0 bridgehead atoms. The second-order valence-electron chi connectivity index (χ2n) is 7.96. The SMILES string of the molecule is COC(=O)c1ccc(C=C2SC(=S)N(CCCCCC(=O)NNC(=O)c3ccccc3OC)C2=O)cc1. The van der Waals surface area contributed by atoms with Gasteiger partial charge in [-0.25, -0.2) is 4.79 Å². The smallest absolute Gasteiger partial charge is 0.337 e. The molecule has 1 heterocycles. The van der Waals surface area contributed by atoms with Crippen LogP contribution in [0.3, 0.4) is 0 Å². The Morgan fingerprint density at radius 2 is 1.73 bits per heavy atom. The molecule has 9 nitrogen and oxygen atoms in total. The Hall–Kier alpha value is -3.70. The lowest BCUT2D eigenvalue weighted by molar-refractivity contribution is -0.123. The van der Waals surface area contributed by atoms with Gasteiger partial charge in [-0.1, -0.05) is 54.7 Å². The number of benzene rings is 2. The number of unbranched alkanes of at least 4 members (excludes halogenated alkanes) is 2. The Balaban J connectivity index is 1.39. The predicted octanol–water partition coefficient (Wildman–Crippen LogP) is 3.70. The van der Waals surface area contributed by atoms with E-state index in [0.29, 0.717) is 51.9 Å². The first-order valence-corrected chi connectivity index (χ1v) is 12.7. The molecule has 1 fully saturated rings. The van der Waals surface area contributed by atoms with Crippen molar-refractivity contribution in [1.82, 2.24) is 15.8 Å². The molecule has 1 aliphatic heterocycles. The maximum Gasteiger partial charge on any atom is 0.337 e. The van der Waals surface area contributed by atoms with Crippen LogP contribution in [0.25, 0.3) is 6.08 Å². The van der Waals surface area contributed by atoms with Crippen molar-refractivity contribution in [3.63, 3.8) is 0 Å². The highest BCUT2D eigenvalue weighted by Gasteiger charge is 2.31. The van der Waals surface area contributed by atoms with Crippen LogP contribution in [0.4, 0.5) is 0 Å². The zero-order valence-electron chi connectivity index (χ0n) is 20.4. The number of methoxy groups -OCH3 is 2. The normalized spacial score (nSPS) is 14.0. The van der Waals surface area contributed by atoms with Gasteiger partial charge < -0.3 is 9.47 Å². The number of ether oxygens (including phenoxy) is 2. The number of para-hydroxylation sites is 1. The van der Waals surface area contributed by atoms with E-state index in [-0.39, 0.29) is 18.2 Å². The van der Waals surface area contributed by atoms with Crippen molar-refractivity contribution in [2.24, 2.45) is 0 Å². The van der Waals surface area contributed by atoms with E-state index < -0.39 is 11.9 Å². The van der Waals surface area contributed by atoms with Gasteiger partial charge in [-0.2, -0.15) is 0 Å². The molecular weight excluding hydrogens is 514 g/mol. The maximum atomic E-state index is 12.8. The van der Waals surface area contributed by atoms with E-state index in [1.807, 2.05) is 0 Å². The summed E-state index contributed by atoms with van der Waals surface area (Å²) < 4.78 is 10.3. The number of nitrogens with one attached hydrogen (secondary N) is 2. The fourth-order valence-electron chi connectivity index (χ4n) is 3.50.